The Bertz CT molecular complexity index is 1230. The smallest absolute Gasteiger partial charge is 0.360 e. The molecule has 0 fully saturated rings. The predicted molar refractivity (Wildman–Crippen MR) is 113 cm³/mol. The molecule has 154 valence electrons. The summed E-state index contributed by atoms with van der Waals surface area (Å²) in [5.74, 6) is -1.75. The number of hydrogen-bond acceptors (Lipinski definition) is 7. The van der Waals surface area contributed by atoms with Crippen LogP contribution in [0.4, 0.5) is 0 Å². The van der Waals surface area contributed by atoms with Gasteiger partial charge < -0.3 is 4.18 Å². The summed E-state index contributed by atoms with van der Waals surface area (Å²) in [7, 11) is -4.72. The number of hydroxylamine groups is 2. The quantitative estimate of drug-likeness (QED) is 0.417. The molecule has 0 radical (unpaired) electrons. The molecule has 0 aromatic heterocycles. The number of thioether (sulfide) groups is 1. The van der Waals surface area contributed by atoms with Crippen molar-refractivity contribution in [3.05, 3.63) is 71.8 Å². The van der Waals surface area contributed by atoms with E-state index < -0.39 is 22.2 Å². The number of para-hydroxylation sites is 1. The van der Waals surface area contributed by atoms with Crippen molar-refractivity contribution in [3.63, 3.8) is 0 Å². The number of nitrogens with zero attached hydrogens (tertiary/aromatic N) is 1. The van der Waals surface area contributed by atoms with Crippen molar-refractivity contribution in [3.8, 4) is 5.75 Å². The van der Waals surface area contributed by atoms with Crippen molar-refractivity contribution < 1.29 is 26.5 Å². The molecule has 4 rings (SSSR count). The standard InChI is InChI=1S/C21H17NO6S2/c1-13(2)29-18-12-11-17-19-15(18)9-6-10-16(19)20(23)22(21(17)24)28-30(25,26)27-14-7-4-3-5-8-14/h3-13H,1-2H3. The van der Waals surface area contributed by atoms with Crippen molar-refractivity contribution in [2.24, 2.45) is 0 Å². The van der Waals surface area contributed by atoms with Crippen LogP contribution in [-0.2, 0) is 14.7 Å². The summed E-state index contributed by atoms with van der Waals surface area (Å²) in [6.07, 6.45) is 0. The highest BCUT2D eigenvalue weighted by Crippen LogP contribution is 2.37. The lowest BCUT2D eigenvalue weighted by Crippen LogP contribution is -2.42. The molecular weight excluding hydrogens is 426 g/mol. The number of carbonyl (C=O) groups excluding carboxylic acids is 2. The van der Waals surface area contributed by atoms with Crippen LogP contribution >= 0.6 is 11.8 Å². The van der Waals surface area contributed by atoms with Gasteiger partial charge in [-0.25, -0.2) is 0 Å². The van der Waals surface area contributed by atoms with E-state index >= 15 is 0 Å². The van der Waals surface area contributed by atoms with Crippen LogP contribution in [0.15, 0.2) is 65.6 Å². The molecule has 3 aromatic rings. The average molecular weight is 444 g/mol. The third-order valence-electron chi connectivity index (χ3n) is 4.30. The first kappa shape index (κ1) is 20.4. The molecule has 0 atom stereocenters. The van der Waals surface area contributed by atoms with Crippen molar-refractivity contribution >= 4 is 44.7 Å². The van der Waals surface area contributed by atoms with Crippen LogP contribution in [0.25, 0.3) is 10.8 Å². The van der Waals surface area contributed by atoms with Gasteiger partial charge in [0.25, 0.3) is 11.8 Å². The van der Waals surface area contributed by atoms with Crippen LogP contribution in [0, 0.1) is 0 Å². The Labute approximate surface area is 177 Å². The number of amides is 2. The number of hydrogen-bond donors (Lipinski definition) is 0. The first-order valence-electron chi connectivity index (χ1n) is 9.07. The van der Waals surface area contributed by atoms with Gasteiger partial charge in [0.1, 0.15) is 5.75 Å². The molecule has 0 spiro atoms. The fourth-order valence-corrected chi connectivity index (χ4v) is 4.82. The van der Waals surface area contributed by atoms with E-state index in [4.69, 9.17) is 8.47 Å². The largest absolute Gasteiger partial charge is 0.471 e. The second-order valence-electron chi connectivity index (χ2n) is 6.79. The zero-order valence-corrected chi connectivity index (χ0v) is 17.7. The molecule has 0 aliphatic carbocycles. The minimum absolute atomic E-state index is 0.00717. The van der Waals surface area contributed by atoms with Gasteiger partial charge >= 0.3 is 10.4 Å². The molecule has 30 heavy (non-hydrogen) atoms. The summed E-state index contributed by atoms with van der Waals surface area (Å²) >= 11 is 1.61. The molecular formula is C21H17NO6S2. The van der Waals surface area contributed by atoms with Crippen LogP contribution in [0.1, 0.15) is 34.6 Å². The summed E-state index contributed by atoms with van der Waals surface area (Å²) in [6.45, 7) is 4.09. The predicted octanol–water partition coefficient (Wildman–Crippen LogP) is 4.19. The van der Waals surface area contributed by atoms with Gasteiger partial charge in [-0.3, -0.25) is 9.59 Å². The second kappa shape index (κ2) is 7.75. The summed E-state index contributed by atoms with van der Waals surface area (Å²) in [5.41, 5.74) is 0.367. The van der Waals surface area contributed by atoms with Gasteiger partial charge in [0.15, 0.2) is 0 Å². The van der Waals surface area contributed by atoms with Crippen molar-refractivity contribution in [2.75, 3.05) is 0 Å². The zero-order chi connectivity index (χ0) is 21.5. The second-order valence-corrected chi connectivity index (χ2v) is 9.54. The summed E-state index contributed by atoms with van der Waals surface area (Å²) in [4.78, 5) is 26.8. The lowest BCUT2D eigenvalue weighted by atomic mass is 9.95. The van der Waals surface area contributed by atoms with Gasteiger partial charge in [-0.1, -0.05) is 44.2 Å². The van der Waals surface area contributed by atoms with Crippen LogP contribution in [0.2, 0.25) is 0 Å². The Morgan fingerprint density at radius 1 is 0.867 bits per heavy atom. The van der Waals surface area contributed by atoms with Crippen molar-refractivity contribution in [1.82, 2.24) is 5.06 Å². The fourth-order valence-electron chi connectivity index (χ4n) is 3.17. The topological polar surface area (TPSA) is 90.0 Å². The van der Waals surface area contributed by atoms with Crippen LogP contribution in [-0.4, -0.2) is 30.5 Å². The van der Waals surface area contributed by atoms with E-state index in [1.165, 1.54) is 18.2 Å². The highest BCUT2D eigenvalue weighted by molar-refractivity contribution is 8.00. The lowest BCUT2D eigenvalue weighted by Gasteiger charge is -2.25. The van der Waals surface area contributed by atoms with Crippen LogP contribution < -0.4 is 4.18 Å². The molecule has 0 N–H and O–H groups in total. The average Bonchev–Trinajstić information content (AvgIpc) is 2.70. The van der Waals surface area contributed by atoms with E-state index in [1.54, 1.807) is 48.2 Å². The molecule has 0 saturated heterocycles. The van der Waals surface area contributed by atoms with E-state index in [9.17, 15) is 18.0 Å². The van der Waals surface area contributed by atoms with E-state index in [2.05, 4.69) is 0 Å². The maximum absolute atomic E-state index is 12.9. The van der Waals surface area contributed by atoms with Gasteiger partial charge in [-0.15, -0.1) is 21.1 Å². The number of carbonyl (C=O) groups is 2. The molecule has 0 unspecified atom stereocenters. The van der Waals surface area contributed by atoms with E-state index in [1.807, 2.05) is 19.9 Å². The summed E-state index contributed by atoms with van der Waals surface area (Å²) in [6, 6.07) is 16.1. The van der Waals surface area contributed by atoms with Crippen molar-refractivity contribution in [2.45, 2.75) is 24.0 Å². The Morgan fingerprint density at radius 3 is 2.20 bits per heavy atom. The van der Waals surface area contributed by atoms with E-state index in [0.717, 1.165) is 10.3 Å². The zero-order valence-electron chi connectivity index (χ0n) is 16.1. The third kappa shape index (κ3) is 3.79. The molecule has 1 heterocycles. The number of benzene rings is 3. The van der Waals surface area contributed by atoms with E-state index in [0.29, 0.717) is 10.6 Å². The molecule has 1 aliphatic heterocycles. The molecule has 0 bridgehead atoms. The normalized spacial score (nSPS) is 13.9. The van der Waals surface area contributed by atoms with Gasteiger partial charge in [-0.2, -0.15) is 8.42 Å². The Morgan fingerprint density at radius 2 is 1.53 bits per heavy atom. The highest BCUT2D eigenvalue weighted by atomic mass is 32.3. The Balaban J connectivity index is 1.72. The SMILES string of the molecule is CC(C)Sc1ccc2c3c(cccc13)C(=O)N(OS(=O)(=O)Oc1ccccc1)C2=O. The van der Waals surface area contributed by atoms with Gasteiger partial charge in [0.05, 0.1) is 11.1 Å². The highest BCUT2D eigenvalue weighted by Gasteiger charge is 2.38. The minimum atomic E-state index is -4.72. The van der Waals surface area contributed by atoms with Gasteiger partial charge in [0, 0.05) is 15.5 Å². The Hall–Kier alpha value is -2.88. The molecule has 7 nitrogen and oxygen atoms in total. The first-order valence-corrected chi connectivity index (χ1v) is 11.3. The molecule has 3 aromatic carbocycles. The Kier molecular flexibility index (Phi) is 5.27. The van der Waals surface area contributed by atoms with Gasteiger partial charge in [0.2, 0.25) is 0 Å². The maximum Gasteiger partial charge on any atom is 0.471 e. The van der Waals surface area contributed by atoms with Crippen LogP contribution in [0.5, 0.6) is 5.75 Å². The molecule has 2 amide bonds. The summed E-state index contributed by atoms with van der Waals surface area (Å²) in [5, 5.41) is 1.77. The van der Waals surface area contributed by atoms with Gasteiger partial charge in [-0.05, 0) is 35.7 Å². The minimum Gasteiger partial charge on any atom is -0.360 e. The number of imide groups is 1. The molecule has 0 saturated carbocycles. The monoisotopic (exact) mass is 443 g/mol. The van der Waals surface area contributed by atoms with Crippen molar-refractivity contribution in [1.29, 1.82) is 0 Å². The molecule has 1 aliphatic rings. The fraction of sp³-hybridized carbons (Fsp3) is 0.143. The lowest BCUT2D eigenvalue weighted by molar-refractivity contribution is -0.0208. The number of rotatable bonds is 6. The molecule has 9 heteroatoms. The summed E-state index contributed by atoms with van der Waals surface area (Å²) < 4.78 is 34.2. The third-order valence-corrected chi connectivity index (χ3v) is 6.11. The van der Waals surface area contributed by atoms with E-state index in [-0.39, 0.29) is 21.9 Å². The maximum atomic E-state index is 12.9. The van der Waals surface area contributed by atoms with Crippen LogP contribution in [0.3, 0.4) is 0 Å². The first-order chi connectivity index (χ1) is 14.3.